The van der Waals surface area contributed by atoms with E-state index in [1.807, 2.05) is 0 Å². The summed E-state index contributed by atoms with van der Waals surface area (Å²) in [4.78, 5) is 0. The first-order valence-corrected chi connectivity index (χ1v) is 3.14. The maximum Gasteiger partial charge on any atom is 0.184 e. The van der Waals surface area contributed by atoms with E-state index in [0.29, 0.717) is 19.0 Å². The van der Waals surface area contributed by atoms with Gasteiger partial charge < -0.3 is 20.9 Å². The van der Waals surface area contributed by atoms with Gasteiger partial charge in [-0.25, -0.2) is 0 Å². The van der Waals surface area contributed by atoms with Gasteiger partial charge in [0, 0.05) is 19.2 Å². The number of nitrogens with two attached hydrogens (primary N) is 1. The lowest BCUT2D eigenvalue weighted by atomic mass is 10.5. The Morgan fingerprint density at radius 1 is 1.80 bits per heavy atom. The SMILES string of the molecule is CO/C(=C\CO)NCCN. The van der Waals surface area contributed by atoms with Crippen LogP contribution < -0.4 is 11.1 Å². The van der Waals surface area contributed by atoms with Gasteiger partial charge in [-0.1, -0.05) is 0 Å². The predicted molar refractivity (Wildman–Crippen MR) is 39.2 cm³/mol. The van der Waals surface area contributed by atoms with Gasteiger partial charge in [0.1, 0.15) is 0 Å². The summed E-state index contributed by atoms with van der Waals surface area (Å²) in [6, 6.07) is 0. The molecule has 0 heterocycles. The molecule has 0 radical (unpaired) electrons. The Hall–Kier alpha value is -0.740. The minimum atomic E-state index is -0.0270. The highest BCUT2D eigenvalue weighted by molar-refractivity contribution is 4.89. The topological polar surface area (TPSA) is 67.5 Å². The average molecular weight is 146 g/mol. The van der Waals surface area contributed by atoms with Gasteiger partial charge in [0.2, 0.25) is 0 Å². The zero-order valence-electron chi connectivity index (χ0n) is 6.13. The summed E-state index contributed by atoms with van der Waals surface area (Å²) in [5.41, 5.74) is 5.22. The smallest absolute Gasteiger partial charge is 0.184 e. The van der Waals surface area contributed by atoms with Crippen LogP contribution in [0.4, 0.5) is 0 Å². The molecule has 0 aromatic heterocycles. The van der Waals surface area contributed by atoms with Gasteiger partial charge >= 0.3 is 0 Å². The van der Waals surface area contributed by atoms with E-state index >= 15 is 0 Å². The Bertz CT molecular complexity index is 104. The molecule has 4 heteroatoms. The molecule has 60 valence electrons. The normalized spacial score (nSPS) is 11.3. The fourth-order valence-electron chi connectivity index (χ4n) is 0.506. The summed E-state index contributed by atoms with van der Waals surface area (Å²) in [6.45, 7) is 1.17. The molecule has 0 amide bonds. The molecule has 0 saturated carbocycles. The van der Waals surface area contributed by atoms with Crippen molar-refractivity contribution >= 4 is 0 Å². The molecule has 0 saturated heterocycles. The van der Waals surface area contributed by atoms with Gasteiger partial charge in [-0.3, -0.25) is 0 Å². The van der Waals surface area contributed by atoms with Crippen molar-refractivity contribution < 1.29 is 9.84 Å². The van der Waals surface area contributed by atoms with Crippen LogP contribution in [0.3, 0.4) is 0 Å². The Morgan fingerprint density at radius 3 is 2.90 bits per heavy atom. The van der Waals surface area contributed by atoms with Crippen molar-refractivity contribution in [3.05, 3.63) is 12.0 Å². The number of aliphatic hydroxyl groups is 1. The van der Waals surface area contributed by atoms with Crippen molar-refractivity contribution in [3.8, 4) is 0 Å². The Labute approximate surface area is 60.7 Å². The summed E-state index contributed by atoms with van der Waals surface area (Å²) < 4.78 is 4.83. The predicted octanol–water partition coefficient (Wildman–Crippen LogP) is -0.985. The fraction of sp³-hybridized carbons (Fsp3) is 0.667. The summed E-state index contributed by atoms with van der Waals surface area (Å²) in [5.74, 6) is 0.563. The van der Waals surface area contributed by atoms with Crippen molar-refractivity contribution in [2.45, 2.75) is 0 Å². The molecule has 0 aliphatic rings. The molecule has 0 fully saturated rings. The van der Waals surface area contributed by atoms with Crippen LogP contribution >= 0.6 is 0 Å². The zero-order chi connectivity index (χ0) is 7.82. The van der Waals surface area contributed by atoms with Crippen molar-refractivity contribution in [2.24, 2.45) is 5.73 Å². The monoisotopic (exact) mass is 146 g/mol. The van der Waals surface area contributed by atoms with Crippen molar-refractivity contribution in [2.75, 3.05) is 26.8 Å². The van der Waals surface area contributed by atoms with Crippen molar-refractivity contribution in [3.63, 3.8) is 0 Å². The van der Waals surface area contributed by atoms with Gasteiger partial charge in [0.05, 0.1) is 13.7 Å². The second kappa shape index (κ2) is 6.38. The molecule has 0 aromatic carbocycles. The number of nitrogens with one attached hydrogen (secondary N) is 1. The first kappa shape index (κ1) is 9.26. The largest absolute Gasteiger partial charge is 0.483 e. The zero-order valence-corrected chi connectivity index (χ0v) is 6.13. The molecule has 0 aliphatic carbocycles. The number of rotatable bonds is 5. The van der Waals surface area contributed by atoms with E-state index < -0.39 is 0 Å². The fourth-order valence-corrected chi connectivity index (χ4v) is 0.506. The second-order valence-corrected chi connectivity index (χ2v) is 1.67. The lowest BCUT2D eigenvalue weighted by molar-refractivity contribution is 0.252. The summed E-state index contributed by atoms with van der Waals surface area (Å²) in [7, 11) is 1.53. The van der Waals surface area contributed by atoms with Crippen LogP contribution in [-0.4, -0.2) is 31.9 Å². The maximum absolute atomic E-state index is 8.44. The quantitative estimate of drug-likeness (QED) is 0.436. The lowest BCUT2D eigenvalue weighted by Gasteiger charge is -2.06. The van der Waals surface area contributed by atoms with E-state index in [0.717, 1.165) is 0 Å². The van der Waals surface area contributed by atoms with E-state index in [1.165, 1.54) is 13.2 Å². The van der Waals surface area contributed by atoms with E-state index in [-0.39, 0.29) is 6.61 Å². The molecule has 0 unspecified atom stereocenters. The molecule has 0 spiro atoms. The third-order valence-electron chi connectivity index (χ3n) is 0.940. The van der Waals surface area contributed by atoms with Crippen LogP contribution in [0.15, 0.2) is 12.0 Å². The standard InChI is InChI=1S/C6H14N2O2/c1-10-6(2-5-9)8-4-3-7/h2,8-9H,3-5,7H2,1H3/b6-2-. The van der Waals surface area contributed by atoms with Crippen molar-refractivity contribution in [1.82, 2.24) is 5.32 Å². The molecule has 4 N–H and O–H groups in total. The van der Waals surface area contributed by atoms with Crippen LogP contribution in [0.5, 0.6) is 0 Å². The molecule has 0 aliphatic heterocycles. The van der Waals surface area contributed by atoms with Crippen molar-refractivity contribution in [1.29, 1.82) is 0 Å². The molecular formula is C6H14N2O2. The van der Waals surface area contributed by atoms with E-state index in [1.54, 1.807) is 0 Å². The van der Waals surface area contributed by atoms with Gasteiger partial charge in [-0.05, 0) is 0 Å². The average Bonchev–Trinajstić information content (AvgIpc) is 1.98. The summed E-state index contributed by atoms with van der Waals surface area (Å²) in [6.07, 6.45) is 1.54. The highest BCUT2D eigenvalue weighted by atomic mass is 16.5. The number of ether oxygens (including phenoxy) is 1. The first-order valence-electron chi connectivity index (χ1n) is 3.14. The summed E-state index contributed by atoms with van der Waals surface area (Å²) >= 11 is 0. The van der Waals surface area contributed by atoms with Gasteiger partial charge in [-0.15, -0.1) is 0 Å². The minimum Gasteiger partial charge on any atom is -0.483 e. The third kappa shape index (κ3) is 4.17. The van der Waals surface area contributed by atoms with E-state index in [9.17, 15) is 0 Å². The maximum atomic E-state index is 8.44. The van der Waals surface area contributed by atoms with Gasteiger partial charge in [0.25, 0.3) is 0 Å². The Balaban J connectivity index is 3.49. The second-order valence-electron chi connectivity index (χ2n) is 1.67. The summed E-state index contributed by atoms with van der Waals surface area (Å²) in [5, 5.41) is 11.3. The van der Waals surface area contributed by atoms with Crippen LogP contribution in [0, 0.1) is 0 Å². The third-order valence-corrected chi connectivity index (χ3v) is 0.940. The van der Waals surface area contributed by atoms with E-state index in [2.05, 4.69) is 5.32 Å². The Kier molecular flexibility index (Phi) is 5.91. The number of hydrogen-bond acceptors (Lipinski definition) is 4. The minimum absolute atomic E-state index is 0.0270. The number of aliphatic hydroxyl groups excluding tert-OH is 1. The molecule has 4 nitrogen and oxygen atoms in total. The molecule has 0 atom stereocenters. The van der Waals surface area contributed by atoms with Crippen LogP contribution in [-0.2, 0) is 4.74 Å². The molecule has 0 aromatic rings. The van der Waals surface area contributed by atoms with E-state index in [4.69, 9.17) is 15.6 Å². The highest BCUT2D eigenvalue weighted by Crippen LogP contribution is 1.86. The molecular weight excluding hydrogens is 132 g/mol. The van der Waals surface area contributed by atoms with Gasteiger partial charge in [-0.2, -0.15) is 0 Å². The van der Waals surface area contributed by atoms with Crippen LogP contribution in [0.25, 0.3) is 0 Å². The number of methoxy groups -OCH3 is 1. The first-order chi connectivity index (χ1) is 4.85. The van der Waals surface area contributed by atoms with Gasteiger partial charge in [0.15, 0.2) is 5.88 Å². The van der Waals surface area contributed by atoms with Crippen LogP contribution in [0.2, 0.25) is 0 Å². The lowest BCUT2D eigenvalue weighted by Crippen LogP contribution is -2.22. The Morgan fingerprint density at radius 2 is 2.50 bits per heavy atom. The molecule has 0 bridgehead atoms. The van der Waals surface area contributed by atoms with Crippen LogP contribution in [0.1, 0.15) is 0 Å². The molecule has 0 rings (SSSR count). The highest BCUT2D eigenvalue weighted by Gasteiger charge is 1.89. The molecule has 10 heavy (non-hydrogen) atoms. The number of hydrogen-bond donors (Lipinski definition) is 3.